The van der Waals surface area contributed by atoms with Crippen LogP contribution in [-0.4, -0.2) is 39.9 Å². The molecule has 37 heavy (non-hydrogen) atoms. The molecule has 0 bridgehead atoms. The van der Waals surface area contributed by atoms with Crippen LogP contribution in [0.25, 0.3) is 11.5 Å². The zero-order valence-corrected chi connectivity index (χ0v) is 19.6. The maximum absolute atomic E-state index is 13.5. The van der Waals surface area contributed by atoms with Crippen LogP contribution in [0.4, 0.5) is 13.2 Å². The Balaban J connectivity index is 1.33. The maximum Gasteiger partial charge on any atom is 0.416 e. The molecule has 1 atom stereocenters. The van der Waals surface area contributed by atoms with Crippen LogP contribution in [0.1, 0.15) is 56.5 Å². The van der Waals surface area contributed by atoms with Gasteiger partial charge in [0.2, 0.25) is 11.8 Å². The number of aromatic nitrogens is 2. The summed E-state index contributed by atoms with van der Waals surface area (Å²) in [6.07, 6.45) is -3.02. The average Bonchev–Trinajstić information content (AvgIpc) is 3.43. The minimum absolute atomic E-state index is 0.117. The van der Waals surface area contributed by atoms with E-state index in [1.807, 2.05) is 6.07 Å². The lowest BCUT2D eigenvalue weighted by atomic mass is 9.94. The van der Waals surface area contributed by atoms with E-state index in [2.05, 4.69) is 10.2 Å². The fraction of sp³-hybridized carbons (Fsp3) is 0.214. The first-order valence-corrected chi connectivity index (χ1v) is 11.8. The van der Waals surface area contributed by atoms with Crippen LogP contribution in [0.2, 0.25) is 0 Å². The van der Waals surface area contributed by atoms with Crippen molar-refractivity contribution in [3.05, 3.63) is 107 Å². The first kappa shape index (κ1) is 24.4. The van der Waals surface area contributed by atoms with Crippen LogP contribution < -0.4 is 0 Å². The predicted molar refractivity (Wildman–Crippen MR) is 129 cm³/mol. The number of likely N-dealkylation sites (tertiary alicyclic amines) is 1. The van der Waals surface area contributed by atoms with Crippen molar-refractivity contribution in [3.8, 4) is 11.5 Å². The van der Waals surface area contributed by atoms with E-state index in [1.165, 1.54) is 12.1 Å². The Hall–Kier alpha value is -4.27. The van der Waals surface area contributed by atoms with Crippen molar-refractivity contribution in [1.29, 1.82) is 0 Å². The molecule has 2 heterocycles. The Morgan fingerprint density at radius 3 is 2.24 bits per heavy atom. The maximum atomic E-state index is 13.5. The van der Waals surface area contributed by atoms with E-state index in [9.17, 15) is 22.8 Å². The number of hydrogen-bond acceptors (Lipinski definition) is 5. The van der Waals surface area contributed by atoms with Crippen molar-refractivity contribution in [1.82, 2.24) is 15.1 Å². The molecule has 1 aliphatic rings. The summed E-state index contributed by atoms with van der Waals surface area (Å²) in [5.74, 6) is -0.277. The van der Waals surface area contributed by atoms with Crippen LogP contribution >= 0.6 is 0 Å². The number of rotatable bonds is 5. The molecule has 1 amide bonds. The number of ketones is 1. The number of carbonyl (C=O) groups excluding carboxylic acids is 2. The first-order chi connectivity index (χ1) is 17.8. The van der Waals surface area contributed by atoms with Crippen molar-refractivity contribution >= 4 is 11.7 Å². The van der Waals surface area contributed by atoms with Gasteiger partial charge in [0, 0.05) is 29.8 Å². The third kappa shape index (κ3) is 5.16. The second-order valence-electron chi connectivity index (χ2n) is 8.85. The smallest absolute Gasteiger partial charge is 0.416 e. The van der Waals surface area contributed by atoms with Crippen molar-refractivity contribution in [2.45, 2.75) is 24.9 Å². The summed E-state index contributed by atoms with van der Waals surface area (Å²) < 4.78 is 44.3. The van der Waals surface area contributed by atoms with E-state index in [4.69, 9.17) is 4.42 Å². The molecular weight excluding hydrogens is 483 g/mol. The second kappa shape index (κ2) is 10.0. The predicted octanol–water partition coefficient (Wildman–Crippen LogP) is 6.01. The van der Waals surface area contributed by atoms with Crippen LogP contribution in [0.5, 0.6) is 0 Å². The average molecular weight is 505 g/mol. The minimum atomic E-state index is -4.43. The third-order valence-electron chi connectivity index (χ3n) is 6.40. The topological polar surface area (TPSA) is 76.3 Å². The highest BCUT2D eigenvalue weighted by molar-refractivity contribution is 6.15. The Morgan fingerprint density at radius 2 is 1.54 bits per heavy atom. The molecule has 188 valence electrons. The van der Waals surface area contributed by atoms with E-state index in [0.717, 1.165) is 12.1 Å². The standard InChI is InChI=1S/C28H22F3N3O3/c29-28(30,31)21-14-12-19(13-15-21)25-32-33-26(37-25)20-9-6-16-34(17-20)27(36)23-11-5-4-10-22(23)24(35)18-7-2-1-3-8-18/h1-5,7-8,10-15,20H,6,9,16-17H2. The number of benzene rings is 3. The summed E-state index contributed by atoms with van der Waals surface area (Å²) in [4.78, 5) is 28.2. The number of nitrogens with zero attached hydrogens (tertiary/aromatic N) is 3. The molecule has 1 aromatic heterocycles. The summed E-state index contributed by atoms with van der Waals surface area (Å²) in [7, 11) is 0. The van der Waals surface area contributed by atoms with Gasteiger partial charge in [-0.25, -0.2) is 0 Å². The monoisotopic (exact) mass is 505 g/mol. The molecule has 9 heteroatoms. The van der Waals surface area contributed by atoms with E-state index in [0.29, 0.717) is 54.1 Å². The van der Waals surface area contributed by atoms with Crippen molar-refractivity contribution in [2.75, 3.05) is 13.1 Å². The summed E-state index contributed by atoms with van der Waals surface area (Å²) >= 11 is 0. The van der Waals surface area contributed by atoms with Gasteiger partial charge in [0.05, 0.1) is 17.0 Å². The lowest BCUT2D eigenvalue weighted by Crippen LogP contribution is -2.39. The highest BCUT2D eigenvalue weighted by Gasteiger charge is 2.32. The zero-order valence-electron chi connectivity index (χ0n) is 19.6. The summed E-state index contributed by atoms with van der Waals surface area (Å²) in [6, 6.07) is 20.1. The molecule has 1 fully saturated rings. The van der Waals surface area contributed by atoms with Gasteiger partial charge in [-0.2, -0.15) is 13.2 Å². The molecule has 0 radical (unpaired) electrons. The lowest BCUT2D eigenvalue weighted by molar-refractivity contribution is -0.137. The largest absolute Gasteiger partial charge is 0.420 e. The first-order valence-electron chi connectivity index (χ1n) is 11.8. The quantitative estimate of drug-likeness (QED) is 0.311. The Labute approximate surface area is 210 Å². The Bertz CT molecular complexity index is 1420. The molecule has 0 saturated carbocycles. The lowest BCUT2D eigenvalue weighted by Gasteiger charge is -2.31. The summed E-state index contributed by atoms with van der Waals surface area (Å²) in [5, 5.41) is 8.11. The number of halogens is 3. The Kier molecular flexibility index (Phi) is 6.60. The third-order valence-corrected chi connectivity index (χ3v) is 6.40. The fourth-order valence-corrected chi connectivity index (χ4v) is 4.46. The highest BCUT2D eigenvalue weighted by Crippen LogP contribution is 2.32. The molecular formula is C28H22F3N3O3. The molecule has 1 saturated heterocycles. The van der Waals surface area contributed by atoms with Gasteiger partial charge in [-0.05, 0) is 43.2 Å². The molecule has 1 unspecified atom stereocenters. The van der Waals surface area contributed by atoms with Crippen molar-refractivity contribution in [2.24, 2.45) is 0 Å². The SMILES string of the molecule is O=C(c1ccccc1)c1ccccc1C(=O)N1CCCC(c2nnc(-c3ccc(C(F)(F)F)cc3)o2)C1. The van der Waals surface area contributed by atoms with Crippen LogP contribution in [0, 0.1) is 0 Å². The number of alkyl halides is 3. The fourth-order valence-electron chi connectivity index (χ4n) is 4.46. The van der Waals surface area contributed by atoms with Crippen LogP contribution in [0.15, 0.2) is 83.3 Å². The van der Waals surface area contributed by atoms with E-state index >= 15 is 0 Å². The van der Waals surface area contributed by atoms with Gasteiger partial charge >= 0.3 is 6.18 Å². The summed E-state index contributed by atoms with van der Waals surface area (Å²) in [6.45, 7) is 0.838. The number of piperidine rings is 1. The van der Waals surface area contributed by atoms with Crippen LogP contribution in [0.3, 0.4) is 0 Å². The molecule has 1 aliphatic heterocycles. The second-order valence-corrected chi connectivity index (χ2v) is 8.85. The Morgan fingerprint density at radius 1 is 0.865 bits per heavy atom. The number of hydrogen-bond donors (Lipinski definition) is 0. The van der Waals surface area contributed by atoms with Crippen molar-refractivity contribution in [3.63, 3.8) is 0 Å². The zero-order chi connectivity index (χ0) is 26.0. The molecule has 5 rings (SSSR count). The van der Waals surface area contributed by atoms with Gasteiger partial charge in [-0.1, -0.05) is 48.5 Å². The van der Waals surface area contributed by atoms with Gasteiger partial charge in [0.25, 0.3) is 5.91 Å². The van der Waals surface area contributed by atoms with E-state index < -0.39 is 11.7 Å². The van der Waals surface area contributed by atoms with E-state index in [1.54, 1.807) is 53.4 Å². The minimum Gasteiger partial charge on any atom is -0.420 e. The van der Waals surface area contributed by atoms with Gasteiger partial charge in [-0.15, -0.1) is 10.2 Å². The molecule has 0 aliphatic carbocycles. The number of carbonyl (C=O) groups is 2. The molecule has 6 nitrogen and oxygen atoms in total. The molecule has 4 aromatic rings. The highest BCUT2D eigenvalue weighted by atomic mass is 19.4. The van der Waals surface area contributed by atoms with Crippen LogP contribution in [-0.2, 0) is 6.18 Å². The molecule has 0 spiro atoms. The van der Waals surface area contributed by atoms with Crippen molar-refractivity contribution < 1.29 is 27.2 Å². The van der Waals surface area contributed by atoms with Gasteiger partial charge in [-0.3, -0.25) is 9.59 Å². The normalized spacial score (nSPS) is 16.0. The molecule has 3 aromatic carbocycles. The van der Waals surface area contributed by atoms with Gasteiger partial charge < -0.3 is 9.32 Å². The summed E-state index contributed by atoms with van der Waals surface area (Å²) in [5.41, 5.74) is 0.782. The van der Waals surface area contributed by atoms with Gasteiger partial charge in [0.1, 0.15) is 0 Å². The van der Waals surface area contributed by atoms with E-state index in [-0.39, 0.29) is 23.5 Å². The molecule has 0 N–H and O–H groups in total. The van der Waals surface area contributed by atoms with Gasteiger partial charge in [0.15, 0.2) is 5.78 Å². The number of amides is 1.